The molecule has 1 fully saturated rings. The van der Waals surface area contributed by atoms with E-state index < -0.39 is 10.1 Å². The SMILES string of the molecule is CS(=O)(=O)O.Cc1ccc([C@@H]2CCC[C@H](CNc3ncnc(C=O)c3C)O2)cc1. The summed E-state index contributed by atoms with van der Waals surface area (Å²) >= 11 is 0. The van der Waals surface area contributed by atoms with Crippen molar-refractivity contribution in [3.05, 3.63) is 53.0 Å². The van der Waals surface area contributed by atoms with Gasteiger partial charge in [-0.1, -0.05) is 29.8 Å². The maximum atomic E-state index is 11.0. The third-order valence-electron chi connectivity index (χ3n) is 4.53. The van der Waals surface area contributed by atoms with Gasteiger partial charge in [-0.3, -0.25) is 9.35 Å². The molecule has 0 amide bonds. The van der Waals surface area contributed by atoms with Crippen LogP contribution in [-0.2, 0) is 14.9 Å². The Hall–Kier alpha value is -2.36. The van der Waals surface area contributed by atoms with Gasteiger partial charge in [0.1, 0.15) is 17.8 Å². The van der Waals surface area contributed by atoms with Gasteiger partial charge in [-0.15, -0.1) is 0 Å². The molecule has 0 aliphatic carbocycles. The molecule has 1 saturated heterocycles. The third-order valence-corrected chi connectivity index (χ3v) is 4.53. The van der Waals surface area contributed by atoms with E-state index in [4.69, 9.17) is 9.29 Å². The van der Waals surface area contributed by atoms with Gasteiger partial charge in [0.25, 0.3) is 10.1 Å². The van der Waals surface area contributed by atoms with Gasteiger partial charge in [-0.2, -0.15) is 8.42 Å². The fourth-order valence-corrected chi connectivity index (χ4v) is 3.05. The second-order valence-corrected chi connectivity index (χ2v) is 8.52. The van der Waals surface area contributed by atoms with Gasteiger partial charge in [-0.25, -0.2) is 9.97 Å². The number of aromatic nitrogens is 2. The van der Waals surface area contributed by atoms with E-state index in [0.717, 1.165) is 31.1 Å². The van der Waals surface area contributed by atoms with E-state index in [0.29, 0.717) is 24.3 Å². The molecule has 158 valence electrons. The molecule has 0 radical (unpaired) electrons. The van der Waals surface area contributed by atoms with Crippen molar-refractivity contribution in [3.8, 4) is 0 Å². The Balaban J connectivity index is 0.000000537. The zero-order valence-electron chi connectivity index (χ0n) is 16.8. The van der Waals surface area contributed by atoms with E-state index in [1.165, 1.54) is 17.5 Å². The second kappa shape index (κ2) is 10.4. The fourth-order valence-electron chi connectivity index (χ4n) is 3.05. The first-order valence-corrected chi connectivity index (χ1v) is 11.2. The summed E-state index contributed by atoms with van der Waals surface area (Å²) in [6, 6.07) is 8.57. The van der Waals surface area contributed by atoms with Gasteiger partial charge in [-0.05, 0) is 38.7 Å². The summed E-state index contributed by atoms with van der Waals surface area (Å²) in [7, 11) is -3.67. The molecule has 3 rings (SSSR count). The number of rotatable bonds is 5. The molecular weight excluding hydrogens is 394 g/mol. The maximum absolute atomic E-state index is 11.0. The minimum atomic E-state index is -3.67. The summed E-state index contributed by atoms with van der Waals surface area (Å²) < 4.78 is 32.1. The van der Waals surface area contributed by atoms with Crippen LogP contribution < -0.4 is 5.32 Å². The molecule has 2 N–H and O–H groups in total. The summed E-state index contributed by atoms with van der Waals surface area (Å²) in [5.74, 6) is 0.702. The summed E-state index contributed by atoms with van der Waals surface area (Å²) in [6.07, 6.45) is 6.41. The topological polar surface area (TPSA) is 118 Å². The number of benzene rings is 1. The van der Waals surface area contributed by atoms with Crippen LogP contribution in [-0.4, -0.2) is 48.1 Å². The second-order valence-electron chi connectivity index (χ2n) is 7.05. The van der Waals surface area contributed by atoms with Crippen molar-refractivity contribution in [2.45, 2.75) is 45.3 Å². The van der Waals surface area contributed by atoms with E-state index in [1.54, 1.807) is 0 Å². The van der Waals surface area contributed by atoms with Crippen molar-refractivity contribution in [2.24, 2.45) is 0 Å². The molecule has 0 spiro atoms. The van der Waals surface area contributed by atoms with Crippen LogP contribution in [0.15, 0.2) is 30.6 Å². The number of nitrogens with zero attached hydrogens (tertiary/aromatic N) is 2. The number of hydrogen-bond acceptors (Lipinski definition) is 7. The number of hydrogen-bond donors (Lipinski definition) is 2. The number of carbonyl (C=O) groups is 1. The molecule has 1 aliphatic rings. The molecule has 0 bridgehead atoms. The van der Waals surface area contributed by atoms with Crippen LogP contribution in [0.5, 0.6) is 0 Å². The summed E-state index contributed by atoms with van der Waals surface area (Å²) in [4.78, 5) is 19.1. The van der Waals surface area contributed by atoms with Crippen LogP contribution in [0, 0.1) is 13.8 Å². The van der Waals surface area contributed by atoms with Crippen LogP contribution in [0.4, 0.5) is 5.82 Å². The van der Waals surface area contributed by atoms with Crippen LogP contribution in [0.25, 0.3) is 0 Å². The van der Waals surface area contributed by atoms with E-state index in [9.17, 15) is 13.2 Å². The van der Waals surface area contributed by atoms with E-state index in [-0.39, 0.29) is 12.2 Å². The Labute approximate surface area is 171 Å². The van der Waals surface area contributed by atoms with Crippen LogP contribution in [0.2, 0.25) is 0 Å². The molecule has 0 unspecified atom stereocenters. The van der Waals surface area contributed by atoms with Crippen LogP contribution in [0.3, 0.4) is 0 Å². The van der Waals surface area contributed by atoms with Gasteiger partial charge in [0.05, 0.1) is 18.5 Å². The molecule has 8 nitrogen and oxygen atoms in total. The lowest BCUT2D eigenvalue weighted by Gasteiger charge is -2.31. The van der Waals surface area contributed by atoms with Crippen LogP contribution >= 0.6 is 0 Å². The average molecular weight is 422 g/mol. The number of ether oxygens (including phenoxy) is 1. The summed E-state index contributed by atoms with van der Waals surface area (Å²) in [5, 5.41) is 3.30. The first kappa shape index (κ1) is 22.9. The van der Waals surface area contributed by atoms with E-state index in [2.05, 4.69) is 46.5 Å². The predicted molar refractivity (Wildman–Crippen MR) is 111 cm³/mol. The zero-order chi connectivity index (χ0) is 21.4. The zero-order valence-corrected chi connectivity index (χ0v) is 17.6. The summed E-state index contributed by atoms with van der Waals surface area (Å²) in [5.41, 5.74) is 3.71. The minimum absolute atomic E-state index is 0.138. The first-order chi connectivity index (χ1) is 13.7. The Kier molecular flexibility index (Phi) is 8.24. The highest BCUT2D eigenvalue weighted by atomic mass is 32.2. The lowest BCUT2D eigenvalue weighted by atomic mass is 9.97. The van der Waals surface area contributed by atoms with Gasteiger partial charge in [0.2, 0.25) is 0 Å². The standard InChI is InChI=1S/C19H23N3O2.CH4O3S/c1-13-6-8-15(9-7-13)18-5-3-4-16(24-18)10-20-19-14(2)17(11-23)21-12-22-19;1-5(2,3)4/h6-9,11-12,16,18H,3-5,10H2,1-2H3,(H,20,21,22);1H3,(H,2,3,4)/t16-,18+;/m1./s1. The maximum Gasteiger partial charge on any atom is 0.261 e. The molecule has 2 aromatic rings. The van der Waals surface area contributed by atoms with Crippen molar-refractivity contribution >= 4 is 22.2 Å². The molecule has 9 heteroatoms. The van der Waals surface area contributed by atoms with Crippen molar-refractivity contribution in [1.82, 2.24) is 9.97 Å². The molecule has 1 aliphatic heterocycles. The molecule has 1 aromatic heterocycles. The van der Waals surface area contributed by atoms with Crippen molar-refractivity contribution in [3.63, 3.8) is 0 Å². The smallest absolute Gasteiger partial charge is 0.261 e. The molecule has 1 aromatic carbocycles. The molecule has 2 atom stereocenters. The Bertz CT molecular complexity index is 908. The fraction of sp³-hybridized carbons (Fsp3) is 0.450. The third kappa shape index (κ3) is 7.88. The van der Waals surface area contributed by atoms with Gasteiger partial charge < -0.3 is 10.1 Å². The Morgan fingerprint density at radius 3 is 2.48 bits per heavy atom. The monoisotopic (exact) mass is 421 g/mol. The number of carbonyl (C=O) groups excluding carboxylic acids is 1. The highest BCUT2D eigenvalue weighted by molar-refractivity contribution is 7.85. The Morgan fingerprint density at radius 2 is 1.86 bits per heavy atom. The first-order valence-electron chi connectivity index (χ1n) is 9.32. The van der Waals surface area contributed by atoms with Crippen LogP contribution in [0.1, 0.15) is 52.5 Å². The predicted octanol–water partition coefficient (Wildman–Crippen LogP) is 3.13. The van der Waals surface area contributed by atoms with Gasteiger partial charge in [0.15, 0.2) is 6.29 Å². The van der Waals surface area contributed by atoms with E-state index in [1.807, 2.05) is 6.92 Å². The Morgan fingerprint density at radius 1 is 1.21 bits per heavy atom. The number of anilines is 1. The quantitative estimate of drug-likeness (QED) is 0.558. The lowest BCUT2D eigenvalue weighted by molar-refractivity contribution is -0.0442. The number of aldehydes is 1. The normalized spacial score (nSPS) is 19.0. The minimum Gasteiger partial charge on any atom is -0.368 e. The number of nitrogens with one attached hydrogen (secondary N) is 1. The lowest BCUT2D eigenvalue weighted by Crippen LogP contribution is -2.29. The van der Waals surface area contributed by atoms with Gasteiger partial charge in [0, 0.05) is 12.1 Å². The van der Waals surface area contributed by atoms with E-state index >= 15 is 0 Å². The molecular formula is C20H27N3O5S. The van der Waals surface area contributed by atoms with Gasteiger partial charge >= 0.3 is 0 Å². The van der Waals surface area contributed by atoms with Crippen molar-refractivity contribution < 1.29 is 22.5 Å². The molecule has 2 heterocycles. The molecule has 0 saturated carbocycles. The van der Waals surface area contributed by atoms with Crippen molar-refractivity contribution in [2.75, 3.05) is 18.1 Å². The summed E-state index contributed by atoms with van der Waals surface area (Å²) in [6.45, 7) is 4.62. The van der Waals surface area contributed by atoms with Crippen molar-refractivity contribution in [1.29, 1.82) is 0 Å². The number of aryl methyl sites for hydroxylation is 1. The highest BCUT2D eigenvalue weighted by Crippen LogP contribution is 2.31. The average Bonchev–Trinajstić information content (AvgIpc) is 2.67. The largest absolute Gasteiger partial charge is 0.368 e. The molecule has 29 heavy (non-hydrogen) atoms. The highest BCUT2D eigenvalue weighted by Gasteiger charge is 2.23.